The number of alkyl halides is 1. The zero-order valence-electron chi connectivity index (χ0n) is 10.6. The molecule has 4 heteroatoms. The molecule has 2 heterocycles. The van der Waals surface area contributed by atoms with E-state index in [2.05, 4.69) is 21.5 Å². The van der Waals surface area contributed by atoms with Gasteiger partial charge in [-0.2, -0.15) is 0 Å². The molecular weight excluding hydrogens is 246 g/mol. The average molecular weight is 264 g/mol. The summed E-state index contributed by atoms with van der Waals surface area (Å²) in [5.74, 6) is 2.27. The van der Waals surface area contributed by atoms with E-state index in [0.717, 1.165) is 22.9 Å². The van der Waals surface area contributed by atoms with Crippen molar-refractivity contribution < 1.29 is 0 Å². The molecule has 96 valence electrons. The van der Waals surface area contributed by atoms with Crippen LogP contribution in [0.5, 0.6) is 0 Å². The van der Waals surface area contributed by atoms with Gasteiger partial charge in [-0.15, -0.1) is 11.6 Å². The van der Waals surface area contributed by atoms with Gasteiger partial charge in [-0.3, -0.25) is 0 Å². The quantitative estimate of drug-likeness (QED) is 0.769. The summed E-state index contributed by atoms with van der Waals surface area (Å²) in [5.41, 5.74) is 1.96. The second kappa shape index (κ2) is 4.88. The number of nitrogens with zero attached hydrogens (tertiary/aromatic N) is 3. The van der Waals surface area contributed by atoms with Gasteiger partial charge in [-0.25, -0.2) is 9.97 Å². The third-order valence-corrected chi connectivity index (χ3v) is 4.23. The molecule has 3 nitrogen and oxygen atoms in total. The van der Waals surface area contributed by atoms with Crippen LogP contribution in [-0.2, 0) is 5.88 Å². The second-order valence-corrected chi connectivity index (χ2v) is 5.56. The molecule has 2 aromatic rings. The summed E-state index contributed by atoms with van der Waals surface area (Å²) in [6, 6.07) is 4.47. The smallest absolute Gasteiger partial charge is 0.160 e. The Bertz CT molecular complexity index is 541. The Balaban J connectivity index is 2.04. The predicted molar refractivity (Wildman–Crippen MR) is 73.8 cm³/mol. The fourth-order valence-electron chi connectivity index (χ4n) is 2.96. The molecule has 2 aromatic heterocycles. The van der Waals surface area contributed by atoms with Crippen LogP contribution < -0.4 is 0 Å². The maximum atomic E-state index is 6.04. The molecule has 0 aromatic carbocycles. The van der Waals surface area contributed by atoms with E-state index in [4.69, 9.17) is 11.6 Å². The highest BCUT2D eigenvalue weighted by Crippen LogP contribution is 2.34. The SMILES string of the molecule is CC1CCC(n2c(CCl)nc3cccnc32)CC1. The van der Waals surface area contributed by atoms with Gasteiger partial charge in [-0.1, -0.05) is 6.92 Å². The van der Waals surface area contributed by atoms with Crippen molar-refractivity contribution in [1.82, 2.24) is 14.5 Å². The Kier molecular flexibility index (Phi) is 3.25. The van der Waals surface area contributed by atoms with Crippen LogP contribution in [0.25, 0.3) is 11.2 Å². The predicted octanol–water partition coefficient (Wildman–Crippen LogP) is 3.92. The van der Waals surface area contributed by atoms with Crippen molar-refractivity contribution in [1.29, 1.82) is 0 Å². The Hall–Kier alpha value is -1.09. The summed E-state index contributed by atoms with van der Waals surface area (Å²) in [5, 5.41) is 0. The number of halogens is 1. The summed E-state index contributed by atoms with van der Waals surface area (Å²) in [4.78, 5) is 9.08. The highest BCUT2D eigenvalue weighted by atomic mass is 35.5. The van der Waals surface area contributed by atoms with Gasteiger partial charge < -0.3 is 4.57 Å². The Morgan fingerprint density at radius 3 is 2.83 bits per heavy atom. The van der Waals surface area contributed by atoms with E-state index in [1.807, 2.05) is 18.3 Å². The minimum Gasteiger partial charge on any atom is -0.309 e. The Labute approximate surface area is 112 Å². The van der Waals surface area contributed by atoms with Gasteiger partial charge in [-0.05, 0) is 43.7 Å². The van der Waals surface area contributed by atoms with Crippen molar-refractivity contribution in [3.8, 4) is 0 Å². The van der Waals surface area contributed by atoms with Crippen LogP contribution in [0.2, 0.25) is 0 Å². The molecule has 1 aliphatic rings. The van der Waals surface area contributed by atoms with Crippen LogP contribution in [0.1, 0.15) is 44.5 Å². The number of fused-ring (bicyclic) bond motifs is 1. The maximum Gasteiger partial charge on any atom is 0.160 e. The van der Waals surface area contributed by atoms with E-state index < -0.39 is 0 Å². The van der Waals surface area contributed by atoms with Gasteiger partial charge in [0.05, 0.1) is 5.88 Å². The number of hydrogen-bond acceptors (Lipinski definition) is 2. The third kappa shape index (κ3) is 2.01. The molecule has 0 spiro atoms. The molecule has 0 saturated heterocycles. The average Bonchev–Trinajstić information content (AvgIpc) is 2.78. The number of aromatic nitrogens is 3. The first kappa shape index (κ1) is 12.0. The van der Waals surface area contributed by atoms with Crippen molar-refractivity contribution in [3.63, 3.8) is 0 Å². The van der Waals surface area contributed by atoms with Crippen molar-refractivity contribution >= 4 is 22.8 Å². The lowest BCUT2D eigenvalue weighted by Gasteiger charge is -2.28. The molecule has 0 aliphatic heterocycles. The summed E-state index contributed by atoms with van der Waals surface area (Å²) in [7, 11) is 0. The molecular formula is C14H18ClN3. The Morgan fingerprint density at radius 1 is 1.33 bits per heavy atom. The lowest BCUT2D eigenvalue weighted by atomic mass is 9.87. The molecule has 0 atom stereocenters. The van der Waals surface area contributed by atoms with Gasteiger partial charge in [0.15, 0.2) is 5.65 Å². The molecule has 1 saturated carbocycles. The van der Waals surface area contributed by atoms with Crippen LogP contribution in [0.3, 0.4) is 0 Å². The summed E-state index contributed by atoms with van der Waals surface area (Å²) in [6.07, 6.45) is 6.85. The molecule has 0 unspecified atom stereocenters. The molecule has 3 rings (SSSR count). The van der Waals surface area contributed by atoms with Gasteiger partial charge in [0, 0.05) is 12.2 Å². The zero-order chi connectivity index (χ0) is 12.5. The Morgan fingerprint density at radius 2 is 2.11 bits per heavy atom. The lowest BCUT2D eigenvalue weighted by molar-refractivity contribution is 0.290. The summed E-state index contributed by atoms with van der Waals surface area (Å²) >= 11 is 6.04. The topological polar surface area (TPSA) is 30.7 Å². The summed E-state index contributed by atoms with van der Waals surface area (Å²) < 4.78 is 2.27. The van der Waals surface area contributed by atoms with Crippen LogP contribution in [0.4, 0.5) is 0 Å². The monoisotopic (exact) mass is 263 g/mol. The van der Waals surface area contributed by atoms with Gasteiger partial charge in [0.25, 0.3) is 0 Å². The molecule has 1 fully saturated rings. The van der Waals surface area contributed by atoms with E-state index in [0.29, 0.717) is 11.9 Å². The number of rotatable bonds is 2. The zero-order valence-corrected chi connectivity index (χ0v) is 11.4. The van der Waals surface area contributed by atoms with Crippen molar-refractivity contribution in [2.24, 2.45) is 5.92 Å². The van der Waals surface area contributed by atoms with Gasteiger partial charge in [0.1, 0.15) is 11.3 Å². The minimum atomic E-state index is 0.461. The minimum absolute atomic E-state index is 0.461. The van der Waals surface area contributed by atoms with Crippen LogP contribution in [0.15, 0.2) is 18.3 Å². The van der Waals surface area contributed by atoms with Crippen LogP contribution >= 0.6 is 11.6 Å². The molecule has 18 heavy (non-hydrogen) atoms. The first-order valence-corrected chi connectivity index (χ1v) is 7.21. The van der Waals surface area contributed by atoms with Crippen LogP contribution in [0, 0.1) is 5.92 Å². The first-order chi connectivity index (χ1) is 8.79. The highest BCUT2D eigenvalue weighted by molar-refractivity contribution is 6.16. The number of imidazole rings is 1. The second-order valence-electron chi connectivity index (χ2n) is 5.29. The first-order valence-electron chi connectivity index (χ1n) is 6.67. The molecule has 1 aliphatic carbocycles. The van der Waals surface area contributed by atoms with E-state index in [1.165, 1.54) is 25.7 Å². The van der Waals surface area contributed by atoms with E-state index in [1.54, 1.807) is 0 Å². The fourth-order valence-corrected chi connectivity index (χ4v) is 3.14. The van der Waals surface area contributed by atoms with Crippen molar-refractivity contribution in [2.45, 2.75) is 44.5 Å². The number of pyridine rings is 1. The van der Waals surface area contributed by atoms with E-state index >= 15 is 0 Å². The third-order valence-electron chi connectivity index (χ3n) is 3.99. The summed E-state index contributed by atoms with van der Waals surface area (Å²) in [6.45, 7) is 2.34. The van der Waals surface area contributed by atoms with Crippen LogP contribution in [-0.4, -0.2) is 14.5 Å². The molecule has 0 bridgehead atoms. The normalized spacial score (nSPS) is 24.6. The molecule has 0 amide bonds. The van der Waals surface area contributed by atoms with E-state index in [9.17, 15) is 0 Å². The fraction of sp³-hybridized carbons (Fsp3) is 0.571. The standard InChI is InChI=1S/C14H18ClN3/c1-10-4-6-11(7-5-10)18-13(9-15)17-12-3-2-8-16-14(12)18/h2-3,8,10-11H,4-7,9H2,1H3. The van der Waals surface area contributed by atoms with Crippen molar-refractivity contribution in [2.75, 3.05) is 0 Å². The largest absolute Gasteiger partial charge is 0.309 e. The highest BCUT2D eigenvalue weighted by Gasteiger charge is 2.23. The van der Waals surface area contributed by atoms with Gasteiger partial charge >= 0.3 is 0 Å². The van der Waals surface area contributed by atoms with Crippen molar-refractivity contribution in [3.05, 3.63) is 24.2 Å². The maximum absolute atomic E-state index is 6.04. The number of hydrogen-bond donors (Lipinski definition) is 0. The van der Waals surface area contributed by atoms with E-state index in [-0.39, 0.29) is 0 Å². The molecule has 0 radical (unpaired) electrons. The van der Waals surface area contributed by atoms with Gasteiger partial charge in [0.2, 0.25) is 0 Å². The molecule has 0 N–H and O–H groups in total. The lowest BCUT2D eigenvalue weighted by Crippen LogP contribution is -2.18.